The average molecular weight is 408 g/mol. The van der Waals surface area contributed by atoms with Gasteiger partial charge >= 0.3 is 7.60 Å². The van der Waals surface area contributed by atoms with E-state index >= 15 is 0 Å². The molecule has 7 atom stereocenters. The number of ether oxygens (including phenoxy) is 1. The third-order valence-electron chi connectivity index (χ3n) is 4.79. The Morgan fingerprint density at radius 3 is 2.70 bits per heavy atom. The molecule has 1 saturated heterocycles. The van der Waals surface area contributed by atoms with Crippen LogP contribution in [0, 0.1) is 6.92 Å². The molecule has 0 saturated carbocycles. The Balaban J connectivity index is 2.19. The SMILES string of the molecule is CCC(C)(C[C@H]1O[C@@H](c2c[nH]c(=O)c(C)n2)[C@@H](F)C1O)OP(=O)(O)C(C)O. The summed E-state index contributed by atoms with van der Waals surface area (Å²) in [5.41, 5.74) is -1.37. The average Bonchev–Trinajstić information content (AvgIpc) is 2.85. The van der Waals surface area contributed by atoms with Crippen molar-refractivity contribution in [2.24, 2.45) is 0 Å². The summed E-state index contributed by atoms with van der Waals surface area (Å²) < 4.78 is 37.5. The minimum Gasteiger partial charge on any atom is -0.387 e. The van der Waals surface area contributed by atoms with Gasteiger partial charge < -0.3 is 29.4 Å². The molecule has 0 spiro atoms. The number of halogens is 1. The van der Waals surface area contributed by atoms with E-state index in [-0.39, 0.29) is 24.2 Å². The first-order valence-corrected chi connectivity index (χ1v) is 10.3. The summed E-state index contributed by atoms with van der Waals surface area (Å²) in [5, 5.41) is 19.7. The van der Waals surface area contributed by atoms with Crippen molar-refractivity contribution in [3.05, 3.63) is 27.9 Å². The molecule has 0 aromatic carbocycles. The number of nitrogens with one attached hydrogen (secondary N) is 1. The first-order chi connectivity index (χ1) is 12.4. The Morgan fingerprint density at radius 1 is 1.56 bits per heavy atom. The quantitative estimate of drug-likeness (QED) is 0.495. The van der Waals surface area contributed by atoms with Gasteiger partial charge in [0.25, 0.3) is 5.56 Å². The number of aliphatic hydroxyl groups excluding tert-OH is 2. The van der Waals surface area contributed by atoms with Crippen LogP contribution in [-0.2, 0) is 13.8 Å². The first-order valence-electron chi connectivity index (χ1n) is 8.65. The van der Waals surface area contributed by atoms with Crippen molar-refractivity contribution in [1.29, 1.82) is 0 Å². The summed E-state index contributed by atoms with van der Waals surface area (Å²) in [6.45, 7) is 5.82. The van der Waals surface area contributed by atoms with Gasteiger partial charge in [0, 0.05) is 12.6 Å². The van der Waals surface area contributed by atoms with Gasteiger partial charge in [-0.3, -0.25) is 9.36 Å². The van der Waals surface area contributed by atoms with Crippen molar-refractivity contribution in [3.63, 3.8) is 0 Å². The molecule has 11 heteroatoms. The van der Waals surface area contributed by atoms with Crippen LogP contribution in [0.1, 0.15) is 51.1 Å². The number of aryl methyl sites for hydroxylation is 1. The lowest BCUT2D eigenvalue weighted by Gasteiger charge is -2.34. The second-order valence-corrected chi connectivity index (χ2v) is 9.12. The van der Waals surface area contributed by atoms with Gasteiger partial charge in [-0.15, -0.1) is 0 Å². The monoisotopic (exact) mass is 408 g/mol. The first kappa shape index (κ1) is 22.1. The number of alkyl halides is 1. The standard InChI is InChI=1S/C16H26FN2O7P/c1-5-16(4,26-27(23,24)9(3)20)6-11-13(21)12(17)14(25-11)10-7-18-15(22)8(2)19-10/h7,9,11-14,20-21H,5-6H2,1-4H3,(H,18,22)(H,23,24)/t9?,11-,12+,13?,14+,16?/m1/s1. The fourth-order valence-electron chi connectivity index (χ4n) is 2.86. The molecule has 0 bridgehead atoms. The van der Waals surface area contributed by atoms with E-state index in [4.69, 9.17) is 9.26 Å². The summed E-state index contributed by atoms with van der Waals surface area (Å²) in [6.07, 6.45) is -4.13. The summed E-state index contributed by atoms with van der Waals surface area (Å²) in [5.74, 6) is -1.59. The maximum Gasteiger partial charge on any atom is 0.356 e. The van der Waals surface area contributed by atoms with Crippen LogP contribution in [-0.4, -0.2) is 54.9 Å². The van der Waals surface area contributed by atoms with Crippen molar-refractivity contribution >= 4 is 7.60 Å². The molecule has 4 N–H and O–H groups in total. The zero-order valence-corrected chi connectivity index (χ0v) is 16.5. The van der Waals surface area contributed by atoms with Crippen molar-refractivity contribution < 1.29 is 33.3 Å². The normalized spacial score (nSPS) is 31.3. The predicted molar refractivity (Wildman–Crippen MR) is 94.0 cm³/mol. The second-order valence-electron chi connectivity index (χ2n) is 7.06. The Hall–Kier alpha value is -1.16. The molecule has 4 unspecified atom stereocenters. The highest BCUT2D eigenvalue weighted by molar-refractivity contribution is 7.53. The van der Waals surface area contributed by atoms with Gasteiger partial charge in [0.1, 0.15) is 17.9 Å². The van der Waals surface area contributed by atoms with Crippen LogP contribution in [0.25, 0.3) is 0 Å². The lowest BCUT2D eigenvalue weighted by atomic mass is 9.93. The number of aromatic nitrogens is 2. The summed E-state index contributed by atoms with van der Waals surface area (Å²) in [7, 11) is -4.31. The van der Waals surface area contributed by atoms with Crippen LogP contribution >= 0.6 is 7.60 Å². The topological polar surface area (TPSA) is 142 Å². The third kappa shape index (κ3) is 4.82. The molecule has 0 aliphatic carbocycles. The van der Waals surface area contributed by atoms with Gasteiger partial charge in [0.15, 0.2) is 12.0 Å². The molecule has 1 aromatic heterocycles. The minimum absolute atomic E-state index is 0.0822. The Morgan fingerprint density at radius 2 is 2.19 bits per heavy atom. The second kappa shape index (κ2) is 8.06. The highest BCUT2D eigenvalue weighted by Crippen LogP contribution is 2.52. The largest absolute Gasteiger partial charge is 0.387 e. The van der Waals surface area contributed by atoms with E-state index in [1.54, 1.807) is 6.92 Å². The van der Waals surface area contributed by atoms with Gasteiger partial charge in [-0.2, -0.15) is 0 Å². The molecule has 2 heterocycles. The molecule has 1 aliphatic rings. The van der Waals surface area contributed by atoms with E-state index < -0.39 is 49.1 Å². The fraction of sp³-hybridized carbons (Fsp3) is 0.750. The summed E-state index contributed by atoms with van der Waals surface area (Å²) in [4.78, 5) is 27.7. The van der Waals surface area contributed by atoms with Crippen molar-refractivity contribution in [2.45, 2.75) is 76.5 Å². The van der Waals surface area contributed by atoms with Crippen LogP contribution in [0.15, 0.2) is 11.0 Å². The fourth-order valence-corrected chi connectivity index (χ4v) is 3.85. The molecular formula is C16H26FN2O7P. The van der Waals surface area contributed by atoms with Gasteiger partial charge in [0.2, 0.25) is 0 Å². The molecule has 0 radical (unpaired) electrons. The molecule has 1 aromatic rings. The molecule has 27 heavy (non-hydrogen) atoms. The zero-order valence-electron chi connectivity index (χ0n) is 15.6. The number of H-pyrrole nitrogens is 1. The van der Waals surface area contributed by atoms with Crippen LogP contribution in [0.4, 0.5) is 4.39 Å². The van der Waals surface area contributed by atoms with E-state index in [0.29, 0.717) is 0 Å². The van der Waals surface area contributed by atoms with Crippen molar-refractivity contribution in [1.82, 2.24) is 9.97 Å². The maximum atomic E-state index is 14.6. The zero-order chi connectivity index (χ0) is 20.6. The van der Waals surface area contributed by atoms with Gasteiger partial charge in [-0.05, 0) is 27.2 Å². The summed E-state index contributed by atoms with van der Waals surface area (Å²) >= 11 is 0. The smallest absolute Gasteiger partial charge is 0.356 e. The maximum absolute atomic E-state index is 14.6. The van der Waals surface area contributed by atoms with E-state index in [9.17, 15) is 28.9 Å². The van der Waals surface area contributed by atoms with E-state index in [1.807, 2.05) is 0 Å². The lowest BCUT2D eigenvalue weighted by Crippen LogP contribution is -2.38. The van der Waals surface area contributed by atoms with Crippen LogP contribution in [0.3, 0.4) is 0 Å². The molecule has 2 rings (SSSR count). The van der Waals surface area contributed by atoms with E-state index in [2.05, 4.69) is 9.97 Å². The molecule has 9 nitrogen and oxygen atoms in total. The van der Waals surface area contributed by atoms with Gasteiger partial charge in [-0.25, -0.2) is 9.37 Å². The van der Waals surface area contributed by atoms with E-state index in [1.165, 1.54) is 20.0 Å². The van der Waals surface area contributed by atoms with E-state index in [0.717, 1.165) is 6.92 Å². The van der Waals surface area contributed by atoms with Crippen LogP contribution < -0.4 is 5.56 Å². The molecule has 154 valence electrons. The van der Waals surface area contributed by atoms with Crippen molar-refractivity contribution in [3.8, 4) is 0 Å². The predicted octanol–water partition coefficient (Wildman–Crippen LogP) is 1.32. The molecular weight excluding hydrogens is 382 g/mol. The van der Waals surface area contributed by atoms with Crippen LogP contribution in [0.2, 0.25) is 0 Å². The Kier molecular flexibility index (Phi) is 6.61. The third-order valence-corrected chi connectivity index (χ3v) is 6.44. The number of hydrogen-bond acceptors (Lipinski definition) is 7. The van der Waals surface area contributed by atoms with Gasteiger partial charge in [0.05, 0.1) is 17.4 Å². The number of nitrogens with zero attached hydrogens (tertiary/aromatic N) is 1. The molecule has 1 aliphatic heterocycles. The van der Waals surface area contributed by atoms with Crippen LogP contribution in [0.5, 0.6) is 0 Å². The number of rotatable bonds is 7. The minimum atomic E-state index is -4.31. The highest BCUT2D eigenvalue weighted by Gasteiger charge is 2.49. The number of aliphatic hydroxyl groups is 2. The van der Waals surface area contributed by atoms with Crippen molar-refractivity contribution in [2.75, 3.05) is 0 Å². The highest BCUT2D eigenvalue weighted by atomic mass is 31.2. The molecule has 0 amide bonds. The van der Waals surface area contributed by atoms with Gasteiger partial charge in [-0.1, -0.05) is 6.92 Å². The number of hydrogen-bond donors (Lipinski definition) is 4. The summed E-state index contributed by atoms with van der Waals surface area (Å²) in [6, 6.07) is 0. The molecule has 1 fully saturated rings. The Bertz CT molecular complexity index is 773. The number of aromatic amines is 1. The lowest BCUT2D eigenvalue weighted by molar-refractivity contribution is -0.0498. The Labute approximate surface area is 156 Å².